The number of anilines is 1. The van der Waals surface area contributed by atoms with E-state index in [2.05, 4.69) is 0 Å². The van der Waals surface area contributed by atoms with E-state index in [9.17, 15) is 9.59 Å². The molecule has 0 saturated carbocycles. The maximum Gasteiger partial charge on any atom is 0.282 e. The van der Waals surface area contributed by atoms with Gasteiger partial charge in [0.15, 0.2) is 0 Å². The van der Waals surface area contributed by atoms with E-state index in [-0.39, 0.29) is 11.8 Å². The third-order valence-corrected chi connectivity index (χ3v) is 5.20. The smallest absolute Gasteiger partial charge is 0.282 e. The summed E-state index contributed by atoms with van der Waals surface area (Å²) in [6.07, 6.45) is 0. The lowest BCUT2D eigenvalue weighted by atomic mass is 10.0. The Morgan fingerprint density at radius 2 is 1.57 bits per heavy atom. The van der Waals surface area contributed by atoms with Gasteiger partial charge in [-0.1, -0.05) is 41.9 Å². The van der Waals surface area contributed by atoms with E-state index >= 15 is 0 Å². The van der Waals surface area contributed by atoms with E-state index in [0.29, 0.717) is 53.8 Å². The van der Waals surface area contributed by atoms with Gasteiger partial charge in [0.05, 0.1) is 24.5 Å². The molecule has 1 aliphatic rings. The van der Waals surface area contributed by atoms with Gasteiger partial charge in [-0.25, -0.2) is 4.90 Å². The first-order chi connectivity index (χ1) is 14.5. The number of hydrogen-bond donors (Lipinski definition) is 0. The minimum absolute atomic E-state index is 0.355. The number of carbonyl (C=O) groups is 2. The average molecular weight is 429 g/mol. The number of nitrogens with zero attached hydrogens (tertiary/aromatic N) is 2. The van der Waals surface area contributed by atoms with Crippen molar-refractivity contribution in [2.45, 2.75) is 6.92 Å². The van der Waals surface area contributed by atoms with E-state index in [4.69, 9.17) is 21.1 Å². The first kappa shape index (κ1) is 22.0. The maximum absolute atomic E-state index is 13.6. The second kappa shape index (κ2) is 9.89. The Balaban J connectivity index is 2.13. The van der Waals surface area contributed by atoms with Crippen LogP contribution in [0, 0.1) is 6.92 Å². The molecule has 0 fully saturated rings. The van der Waals surface area contributed by atoms with Crippen LogP contribution in [0.15, 0.2) is 54.2 Å². The van der Waals surface area contributed by atoms with Crippen LogP contribution < -0.4 is 4.90 Å². The van der Waals surface area contributed by atoms with Gasteiger partial charge in [0, 0.05) is 32.3 Å². The van der Waals surface area contributed by atoms with Gasteiger partial charge in [-0.2, -0.15) is 0 Å². The van der Waals surface area contributed by atoms with Gasteiger partial charge in [-0.05, 0) is 36.2 Å². The zero-order chi connectivity index (χ0) is 21.7. The number of carbonyl (C=O) groups excluding carboxylic acids is 2. The molecule has 7 heteroatoms. The fraction of sp³-hybridized carbons (Fsp3) is 0.304. The molecule has 0 N–H and O–H groups in total. The van der Waals surface area contributed by atoms with Crippen molar-refractivity contribution in [3.8, 4) is 0 Å². The van der Waals surface area contributed by atoms with Crippen molar-refractivity contribution in [2.24, 2.45) is 0 Å². The monoisotopic (exact) mass is 428 g/mol. The average Bonchev–Trinajstić information content (AvgIpc) is 2.99. The van der Waals surface area contributed by atoms with Crippen molar-refractivity contribution in [2.75, 3.05) is 45.4 Å². The molecule has 0 atom stereocenters. The fourth-order valence-electron chi connectivity index (χ4n) is 3.50. The van der Waals surface area contributed by atoms with Gasteiger partial charge in [0.25, 0.3) is 11.8 Å². The summed E-state index contributed by atoms with van der Waals surface area (Å²) in [6, 6.07) is 14.4. The highest BCUT2D eigenvalue weighted by molar-refractivity contribution is 6.45. The number of halogens is 1. The number of methoxy groups -OCH3 is 2. The van der Waals surface area contributed by atoms with E-state index in [1.807, 2.05) is 42.2 Å². The molecule has 158 valence electrons. The van der Waals surface area contributed by atoms with Gasteiger partial charge < -0.3 is 14.4 Å². The number of ether oxygens (including phenoxy) is 2. The summed E-state index contributed by atoms with van der Waals surface area (Å²) < 4.78 is 10.5. The Labute approximate surface area is 181 Å². The summed E-state index contributed by atoms with van der Waals surface area (Å²) in [4.78, 5) is 30.2. The Hall–Kier alpha value is -2.67. The third kappa shape index (κ3) is 4.41. The Kier molecular flexibility index (Phi) is 7.26. The van der Waals surface area contributed by atoms with Crippen LogP contribution in [0.5, 0.6) is 0 Å². The normalized spacial score (nSPS) is 14.1. The maximum atomic E-state index is 13.6. The van der Waals surface area contributed by atoms with Gasteiger partial charge in [0.1, 0.15) is 5.70 Å². The second-order valence-corrected chi connectivity index (χ2v) is 7.38. The number of aryl methyl sites for hydroxylation is 1. The van der Waals surface area contributed by atoms with Gasteiger partial charge in [-0.3, -0.25) is 9.59 Å². The highest BCUT2D eigenvalue weighted by Crippen LogP contribution is 2.36. The summed E-state index contributed by atoms with van der Waals surface area (Å²) in [6.45, 7) is 3.57. The van der Waals surface area contributed by atoms with Gasteiger partial charge in [0.2, 0.25) is 0 Å². The van der Waals surface area contributed by atoms with Gasteiger partial charge in [-0.15, -0.1) is 0 Å². The van der Waals surface area contributed by atoms with Crippen LogP contribution in [0.25, 0.3) is 5.57 Å². The topological polar surface area (TPSA) is 59.1 Å². The molecule has 2 aromatic rings. The summed E-state index contributed by atoms with van der Waals surface area (Å²) in [5.41, 5.74) is 2.70. The predicted molar refractivity (Wildman–Crippen MR) is 117 cm³/mol. The lowest BCUT2D eigenvalue weighted by Crippen LogP contribution is -2.38. The first-order valence-corrected chi connectivity index (χ1v) is 10.0. The molecular formula is C23H25ClN2O4. The van der Waals surface area contributed by atoms with E-state index in [0.717, 1.165) is 5.56 Å². The van der Waals surface area contributed by atoms with Crippen LogP contribution in [-0.4, -0.2) is 57.2 Å². The Bertz CT molecular complexity index is 951. The zero-order valence-electron chi connectivity index (χ0n) is 17.4. The van der Waals surface area contributed by atoms with Crippen LogP contribution in [-0.2, 0) is 19.1 Å². The lowest BCUT2D eigenvalue weighted by molar-refractivity contribution is -0.120. The van der Waals surface area contributed by atoms with E-state index in [1.54, 1.807) is 32.4 Å². The summed E-state index contributed by atoms with van der Waals surface area (Å²) in [5, 5.41) is 0.550. The van der Waals surface area contributed by atoms with Crippen LogP contribution in [0.2, 0.25) is 5.02 Å². The molecule has 0 aliphatic carbocycles. The van der Waals surface area contributed by atoms with Crippen molar-refractivity contribution >= 4 is 34.7 Å². The van der Waals surface area contributed by atoms with Crippen molar-refractivity contribution < 1.29 is 19.1 Å². The number of amides is 2. The third-order valence-electron chi connectivity index (χ3n) is 4.97. The van der Waals surface area contributed by atoms with Crippen molar-refractivity contribution in [1.29, 1.82) is 0 Å². The van der Waals surface area contributed by atoms with Crippen LogP contribution in [0.4, 0.5) is 5.69 Å². The second-order valence-electron chi connectivity index (χ2n) is 6.94. The standard InChI is InChI=1S/C23H25ClN2O4/c1-16-15-18(24)9-10-19(16)26-22(27)20(17-7-5-4-6-8-17)21(23(26)28)25(11-13-29-2)12-14-30-3/h4-10,15H,11-14H2,1-3H3. The van der Waals surface area contributed by atoms with Crippen molar-refractivity contribution in [3.63, 3.8) is 0 Å². The number of hydrogen-bond acceptors (Lipinski definition) is 5. The highest BCUT2D eigenvalue weighted by Gasteiger charge is 2.42. The molecule has 0 unspecified atom stereocenters. The first-order valence-electron chi connectivity index (χ1n) is 9.67. The van der Waals surface area contributed by atoms with Crippen LogP contribution in [0.1, 0.15) is 11.1 Å². The van der Waals surface area contributed by atoms with Crippen LogP contribution >= 0.6 is 11.6 Å². The minimum atomic E-state index is -0.364. The highest BCUT2D eigenvalue weighted by atomic mass is 35.5. The molecule has 30 heavy (non-hydrogen) atoms. The Morgan fingerprint density at radius 1 is 0.933 bits per heavy atom. The molecule has 2 aromatic carbocycles. The van der Waals surface area contributed by atoms with Crippen molar-refractivity contribution in [1.82, 2.24) is 4.90 Å². The predicted octanol–water partition coefficient (Wildman–Crippen LogP) is 3.53. The molecule has 0 aromatic heterocycles. The molecule has 0 saturated heterocycles. The molecule has 0 spiro atoms. The number of benzene rings is 2. The quantitative estimate of drug-likeness (QED) is 0.572. The Morgan fingerprint density at radius 3 is 2.13 bits per heavy atom. The molecule has 0 radical (unpaired) electrons. The molecule has 3 rings (SSSR count). The summed E-state index contributed by atoms with van der Waals surface area (Å²) in [5.74, 6) is -0.720. The lowest BCUT2D eigenvalue weighted by Gasteiger charge is -2.26. The number of imide groups is 1. The fourth-order valence-corrected chi connectivity index (χ4v) is 3.73. The molecule has 6 nitrogen and oxygen atoms in total. The largest absolute Gasteiger partial charge is 0.383 e. The summed E-state index contributed by atoms with van der Waals surface area (Å²) in [7, 11) is 3.21. The van der Waals surface area contributed by atoms with Crippen LogP contribution in [0.3, 0.4) is 0 Å². The molecule has 1 aliphatic heterocycles. The molecule has 1 heterocycles. The van der Waals surface area contributed by atoms with Gasteiger partial charge >= 0.3 is 0 Å². The molecular weight excluding hydrogens is 404 g/mol. The van der Waals surface area contributed by atoms with Crippen molar-refractivity contribution in [3.05, 3.63) is 70.4 Å². The zero-order valence-corrected chi connectivity index (χ0v) is 18.1. The molecule has 0 bridgehead atoms. The minimum Gasteiger partial charge on any atom is -0.383 e. The molecule has 2 amide bonds. The van der Waals surface area contributed by atoms with E-state index in [1.165, 1.54) is 4.90 Å². The number of rotatable bonds is 9. The SMILES string of the molecule is COCCN(CCOC)C1=C(c2ccccc2)C(=O)N(c2ccc(Cl)cc2C)C1=O. The van der Waals surface area contributed by atoms with E-state index < -0.39 is 0 Å². The summed E-state index contributed by atoms with van der Waals surface area (Å²) >= 11 is 6.08.